The van der Waals surface area contributed by atoms with E-state index in [1.54, 1.807) is 0 Å². The van der Waals surface area contributed by atoms with Gasteiger partial charge in [-0.25, -0.2) is 0 Å². The van der Waals surface area contributed by atoms with E-state index in [-0.39, 0.29) is 0 Å². The van der Waals surface area contributed by atoms with Gasteiger partial charge in [0.15, 0.2) is 0 Å². The van der Waals surface area contributed by atoms with Crippen LogP contribution in [0.1, 0.15) is 22.3 Å². The Labute approximate surface area is 203 Å². The SMILES string of the molecule is Cc1ccc(-c2ccc(-c3ccc(-c4ccc(-c5ccc(C)cc5)c(C)c4)cc3)cc2C)cc1. The van der Waals surface area contributed by atoms with Crippen LogP contribution in [0.5, 0.6) is 0 Å². The van der Waals surface area contributed by atoms with Crippen LogP contribution in [-0.2, 0) is 0 Å². The summed E-state index contributed by atoms with van der Waals surface area (Å²) in [5.74, 6) is 0. The molecule has 0 unspecified atom stereocenters. The molecule has 0 nitrogen and oxygen atoms in total. The smallest absolute Gasteiger partial charge is 0.0154 e. The number of aryl methyl sites for hydroxylation is 4. The van der Waals surface area contributed by atoms with E-state index in [4.69, 9.17) is 0 Å². The summed E-state index contributed by atoms with van der Waals surface area (Å²) in [5, 5.41) is 0. The van der Waals surface area contributed by atoms with Crippen molar-refractivity contribution in [1.82, 2.24) is 0 Å². The molecule has 0 spiro atoms. The fraction of sp³-hybridized carbons (Fsp3) is 0.118. The Hall–Kier alpha value is -3.90. The molecule has 0 aliphatic carbocycles. The first-order valence-corrected chi connectivity index (χ1v) is 11.9. The highest BCUT2D eigenvalue weighted by molar-refractivity contribution is 5.77. The Morgan fingerprint density at radius 1 is 0.294 bits per heavy atom. The molecule has 166 valence electrons. The van der Waals surface area contributed by atoms with E-state index in [1.165, 1.54) is 66.8 Å². The summed E-state index contributed by atoms with van der Waals surface area (Å²) in [6, 6.07) is 40.0. The highest BCUT2D eigenvalue weighted by atomic mass is 14.1. The van der Waals surface area contributed by atoms with Crippen LogP contribution in [0.25, 0.3) is 44.5 Å². The first-order chi connectivity index (χ1) is 16.5. The Morgan fingerprint density at radius 2 is 0.588 bits per heavy atom. The molecule has 0 N–H and O–H groups in total. The van der Waals surface area contributed by atoms with Crippen LogP contribution in [0.15, 0.2) is 109 Å². The van der Waals surface area contributed by atoms with E-state index in [2.05, 4.69) is 137 Å². The Kier molecular flexibility index (Phi) is 5.90. The predicted octanol–water partition coefficient (Wildman–Crippen LogP) is 9.59. The monoisotopic (exact) mass is 438 g/mol. The van der Waals surface area contributed by atoms with E-state index in [1.807, 2.05) is 0 Å². The molecule has 0 atom stereocenters. The van der Waals surface area contributed by atoms with Crippen molar-refractivity contribution in [2.75, 3.05) is 0 Å². The number of rotatable bonds is 4. The Morgan fingerprint density at radius 3 is 0.912 bits per heavy atom. The van der Waals surface area contributed by atoms with E-state index < -0.39 is 0 Å². The van der Waals surface area contributed by atoms with E-state index in [9.17, 15) is 0 Å². The highest BCUT2D eigenvalue weighted by Gasteiger charge is 2.07. The molecule has 0 aliphatic heterocycles. The molecule has 0 heterocycles. The summed E-state index contributed by atoms with van der Waals surface area (Å²) in [5.41, 5.74) is 15.3. The second kappa shape index (κ2) is 9.15. The molecule has 0 amide bonds. The molecule has 0 fully saturated rings. The van der Waals surface area contributed by atoms with E-state index in [0.29, 0.717) is 0 Å². The van der Waals surface area contributed by atoms with Crippen molar-refractivity contribution in [2.24, 2.45) is 0 Å². The molecule has 5 aromatic rings. The number of hydrogen-bond acceptors (Lipinski definition) is 0. The standard InChI is InChI=1S/C34H30/c1-23-5-9-29(10-6-23)33-19-17-31(21-25(33)3)27-13-15-28(16-14-27)32-18-20-34(26(4)22-32)30-11-7-24(2)8-12-30/h5-22H,1-4H3. The maximum Gasteiger partial charge on any atom is -0.0154 e. The fourth-order valence-electron chi connectivity index (χ4n) is 4.66. The lowest BCUT2D eigenvalue weighted by Crippen LogP contribution is -1.88. The van der Waals surface area contributed by atoms with Gasteiger partial charge in [0.1, 0.15) is 0 Å². The van der Waals surface area contributed by atoms with Gasteiger partial charge in [-0.2, -0.15) is 0 Å². The van der Waals surface area contributed by atoms with Crippen LogP contribution >= 0.6 is 0 Å². The van der Waals surface area contributed by atoms with Gasteiger partial charge in [-0.3, -0.25) is 0 Å². The molecule has 5 rings (SSSR count). The normalized spacial score (nSPS) is 10.9. The molecular weight excluding hydrogens is 408 g/mol. The van der Waals surface area contributed by atoms with Crippen LogP contribution in [0.4, 0.5) is 0 Å². The lowest BCUT2D eigenvalue weighted by molar-refractivity contribution is 1.42. The van der Waals surface area contributed by atoms with E-state index >= 15 is 0 Å². The second-order valence-corrected chi connectivity index (χ2v) is 9.37. The minimum absolute atomic E-state index is 1.25. The van der Waals surface area contributed by atoms with Gasteiger partial charge >= 0.3 is 0 Å². The third-order valence-corrected chi connectivity index (χ3v) is 6.73. The fourth-order valence-corrected chi connectivity index (χ4v) is 4.66. The van der Waals surface area contributed by atoms with Crippen LogP contribution in [0, 0.1) is 27.7 Å². The summed E-state index contributed by atoms with van der Waals surface area (Å²) in [6.45, 7) is 8.66. The molecule has 0 saturated heterocycles. The zero-order chi connectivity index (χ0) is 23.7. The van der Waals surface area contributed by atoms with Crippen molar-refractivity contribution in [3.8, 4) is 44.5 Å². The van der Waals surface area contributed by atoms with Gasteiger partial charge in [0, 0.05) is 0 Å². The zero-order valence-corrected chi connectivity index (χ0v) is 20.4. The van der Waals surface area contributed by atoms with Gasteiger partial charge in [0.25, 0.3) is 0 Å². The maximum absolute atomic E-state index is 2.30. The van der Waals surface area contributed by atoms with Gasteiger partial charge in [0.05, 0.1) is 0 Å². The van der Waals surface area contributed by atoms with E-state index in [0.717, 1.165) is 0 Å². The molecule has 0 aliphatic rings. The molecule has 0 radical (unpaired) electrons. The van der Waals surface area contributed by atoms with Gasteiger partial charge in [-0.15, -0.1) is 0 Å². The maximum atomic E-state index is 2.30. The second-order valence-electron chi connectivity index (χ2n) is 9.37. The van der Waals surface area contributed by atoms with Crippen LogP contribution in [0.2, 0.25) is 0 Å². The summed E-state index contributed by atoms with van der Waals surface area (Å²) in [6.07, 6.45) is 0. The number of hydrogen-bond donors (Lipinski definition) is 0. The Balaban J connectivity index is 1.39. The summed E-state index contributed by atoms with van der Waals surface area (Å²) < 4.78 is 0. The molecular formula is C34H30. The zero-order valence-electron chi connectivity index (χ0n) is 20.4. The van der Waals surface area contributed by atoms with Crippen molar-refractivity contribution >= 4 is 0 Å². The topological polar surface area (TPSA) is 0 Å². The Bertz CT molecular complexity index is 1320. The van der Waals surface area contributed by atoms with Crippen molar-refractivity contribution in [2.45, 2.75) is 27.7 Å². The van der Waals surface area contributed by atoms with Crippen molar-refractivity contribution in [1.29, 1.82) is 0 Å². The third kappa shape index (κ3) is 4.45. The quantitative estimate of drug-likeness (QED) is 0.262. The van der Waals surface area contributed by atoms with Gasteiger partial charge in [-0.05, 0) is 83.3 Å². The third-order valence-electron chi connectivity index (χ3n) is 6.73. The molecule has 5 aromatic carbocycles. The van der Waals surface area contributed by atoms with Gasteiger partial charge in [0.2, 0.25) is 0 Å². The average molecular weight is 439 g/mol. The molecule has 0 saturated carbocycles. The summed E-state index contributed by atoms with van der Waals surface area (Å²) in [7, 11) is 0. The molecule has 0 heteroatoms. The van der Waals surface area contributed by atoms with Crippen LogP contribution < -0.4 is 0 Å². The molecule has 0 aromatic heterocycles. The largest absolute Gasteiger partial charge is 0.0587 e. The average Bonchev–Trinajstić information content (AvgIpc) is 2.85. The molecule has 0 bridgehead atoms. The number of benzene rings is 5. The lowest BCUT2D eigenvalue weighted by Gasteiger charge is -2.12. The van der Waals surface area contributed by atoms with Crippen LogP contribution in [0.3, 0.4) is 0 Å². The summed E-state index contributed by atoms with van der Waals surface area (Å²) in [4.78, 5) is 0. The minimum Gasteiger partial charge on any atom is -0.0587 e. The predicted molar refractivity (Wildman–Crippen MR) is 147 cm³/mol. The van der Waals surface area contributed by atoms with Crippen molar-refractivity contribution in [3.63, 3.8) is 0 Å². The first-order valence-electron chi connectivity index (χ1n) is 11.9. The highest BCUT2D eigenvalue weighted by Crippen LogP contribution is 2.32. The summed E-state index contributed by atoms with van der Waals surface area (Å²) >= 11 is 0. The first kappa shape index (κ1) is 21.9. The van der Waals surface area contributed by atoms with Gasteiger partial charge in [-0.1, -0.05) is 120 Å². The van der Waals surface area contributed by atoms with Crippen molar-refractivity contribution in [3.05, 3.63) is 131 Å². The van der Waals surface area contributed by atoms with Crippen LogP contribution in [-0.4, -0.2) is 0 Å². The molecule has 34 heavy (non-hydrogen) atoms. The minimum atomic E-state index is 1.25. The van der Waals surface area contributed by atoms with Gasteiger partial charge < -0.3 is 0 Å². The lowest BCUT2D eigenvalue weighted by atomic mass is 9.93. The van der Waals surface area contributed by atoms with Crippen molar-refractivity contribution < 1.29 is 0 Å².